The molecule has 2 heteroatoms. The van der Waals surface area contributed by atoms with E-state index >= 15 is 0 Å². The van der Waals surface area contributed by atoms with E-state index in [4.69, 9.17) is 11.5 Å². The minimum Gasteiger partial charge on any atom is -0.324 e. The van der Waals surface area contributed by atoms with Crippen molar-refractivity contribution in [3.05, 3.63) is 47.0 Å². The van der Waals surface area contributed by atoms with Crippen molar-refractivity contribution in [2.24, 2.45) is 52.9 Å². The molecule has 0 aromatic heterocycles. The van der Waals surface area contributed by atoms with Crippen molar-refractivity contribution in [2.75, 3.05) is 0 Å². The molecular formula is C37H64N2. The Bertz CT molecular complexity index is 826. The highest BCUT2D eigenvalue weighted by atomic mass is 14.6. The number of hydrogen-bond donors (Lipinski definition) is 2. The highest BCUT2D eigenvalue weighted by Gasteiger charge is 2.34. The standard InChI is InChI=1S/C37H64N2/c1-8-10-11-37(35-23-33(27(6)38)22-34(24-35)28(7)39)26(5)36(9-2)32-20-16-30(17-21-32)13-12-29-14-18-31(19-15-29)25(3)4/h12-13,22-32,36-37H,8-11,14-21,38-39H2,1-7H3/b13-12+. The van der Waals surface area contributed by atoms with Gasteiger partial charge in [0.05, 0.1) is 0 Å². The Hall–Kier alpha value is -1.12. The van der Waals surface area contributed by atoms with E-state index in [-0.39, 0.29) is 12.1 Å². The quantitative estimate of drug-likeness (QED) is 0.246. The van der Waals surface area contributed by atoms with Gasteiger partial charge in [-0.25, -0.2) is 0 Å². The topological polar surface area (TPSA) is 52.0 Å². The number of benzene rings is 1. The van der Waals surface area contributed by atoms with Crippen molar-refractivity contribution < 1.29 is 0 Å². The molecule has 2 aliphatic carbocycles. The van der Waals surface area contributed by atoms with Crippen molar-refractivity contribution >= 4 is 0 Å². The second-order valence-electron chi connectivity index (χ2n) is 14.2. The SMILES string of the molecule is CCCCC(c1cc(C(C)N)cc(C(C)N)c1)C(C)C(CC)C1CCC(/C=C/C2CCC(C(C)C)CC2)CC1. The number of unbranched alkanes of at least 4 members (excludes halogenated alkanes) is 1. The molecule has 222 valence electrons. The Morgan fingerprint density at radius 3 is 1.56 bits per heavy atom. The van der Waals surface area contributed by atoms with Crippen LogP contribution in [0, 0.1) is 41.4 Å². The molecule has 0 aliphatic heterocycles. The van der Waals surface area contributed by atoms with Crippen LogP contribution in [-0.4, -0.2) is 0 Å². The summed E-state index contributed by atoms with van der Waals surface area (Å²) in [5.74, 6) is 6.40. The zero-order valence-electron chi connectivity index (χ0n) is 26.8. The summed E-state index contributed by atoms with van der Waals surface area (Å²) >= 11 is 0. The molecule has 0 radical (unpaired) electrons. The zero-order valence-corrected chi connectivity index (χ0v) is 26.8. The van der Waals surface area contributed by atoms with Gasteiger partial charge >= 0.3 is 0 Å². The van der Waals surface area contributed by atoms with Crippen LogP contribution in [0.5, 0.6) is 0 Å². The lowest BCUT2D eigenvalue weighted by Crippen LogP contribution is -2.29. The van der Waals surface area contributed by atoms with Gasteiger partial charge in [-0.2, -0.15) is 0 Å². The summed E-state index contributed by atoms with van der Waals surface area (Å²) < 4.78 is 0. The molecule has 2 nitrogen and oxygen atoms in total. The first-order valence-corrected chi connectivity index (χ1v) is 17.0. The van der Waals surface area contributed by atoms with Crippen molar-refractivity contribution in [1.82, 2.24) is 0 Å². The fourth-order valence-electron chi connectivity index (χ4n) is 8.12. The van der Waals surface area contributed by atoms with Crippen LogP contribution < -0.4 is 11.5 Å². The molecule has 0 amide bonds. The molecule has 5 atom stereocenters. The Morgan fingerprint density at radius 1 is 0.692 bits per heavy atom. The molecule has 1 aromatic carbocycles. The van der Waals surface area contributed by atoms with E-state index in [9.17, 15) is 0 Å². The first-order chi connectivity index (χ1) is 18.6. The summed E-state index contributed by atoms with van der Waals surface area (Å²) in [6, 6.07) is 7.15. The Balaban J connectivity index is 1.66. The van der Waals surface area contributed by atoms with Crippen LogP contribution in [0.3, 0.4) is 0 Å². The third-order valence-electron chi connectivity index (χ3n) is 11.0. The van der Waals surface area contributed by atoms with Crippen molar-refractivity contribution in [3.8, 4) is 0 Å². The zero-order chi connectivity index (χ0) is 28.5. The third-order valence-corrected chi connectivity index (χ3v) is 11.0. The minimum atomic E-state index is 0.0418. The van der Waals surface area contributed by atoms with Crippen molar-refractivity contribution in [1.29, 1.82) is 0 Å². The van der Waals surface area contributed by atoms with Crippen LogP contribution in [-0.2, 0) is 0 Å². The lowest BCUT2D eigenvalue weighted by Gasteiger charge is -2.39. The van der Waals surface area contributed by atoms with E-state index in [1.165, 1.54) is 93.7 Å². The first-order valence-electron chi connectivity index (χ1n) is 17.0. The Morgan fingerprint density at radius 2 is 1.15 bits per heavy atom. The molecule has 2 aliphatic rings. The van der Waals surface area contributed by atoms with Crippen LogP contribution in [0.1, 0.15) is 160 Å². The van der Waals surface area contributed by atoms with E-state index in [0.717, 1.165) is 35.5 Å². The third kappa shape index (κ3) is 9.19. The number of nitrogens with two attached hydrogens (primary N) is 2. The van der Waals surface area contributed by atoms with E-state index in [0.29, 0.717) is 11.8 Å². The van der Waals surface area contributed by atoms with E-state index in [1.807, 2.05) is 0 Å². The van der Waals surface area contributed by atoms with E-state index in [2.05, 4.69) is 78.8 Å². The van der Waals surface area contributed by atoms with Crippen LogP contribution in [0.25, 0.3) is 0 Å². The summed E-state index contributed by atoms with van der Waals surface area (Å²) in [6.45, 7) is 16.4. The minimum absolute atomic E-state index is 0.0418. The molecular weight excluding hydrogens is 472 g/mol. The maximum atomic E-state index is 6.39. The molecule has 0 bridgehead atoms. The molecule has 4 N–H and O–H groups in total. The first kappa shape index (κ1) is 32.4. The Kier molecular flexibility index (Phi) is 13.1. The maximum Gasteiger partial charge on any atom is 0.0266 e. The summed E-state index contributed by atoms with van der Waals surface area (Å²) in [4.78, 5) is 0. The maximum absolute atomic E-state index is 6.39. The molecule has 0 saturated heterocycles. The van der Waals surface area contributed by atoms with E-state index in [1.54, 1.807) is 0 Å². The van der Waals surface area contributed by atoms with Gasteiger partial charge in [-0.05, 0) is 136 Å². The van der Waals surface area contributed by atoms with Gasteiger partial charge in [0.25, 0.3) is 0 Å². The number of allylic oxidation sites excluding steroid dienone is 2. The van der Waals surface area contributed by atoms with Gasteiger partial charge in [0.1, 0.15) is 0 Å². The average Bonchev–Trinajstić information content (AvgIpc) is 2.93. The smallest absolute Gasteiger partial charge is 0.0266 e. The summed E-state index contributed by atoms with van der Waals surface area (Å²) in [7, 11) is 0. The highest BCUT2D eigenvalue weighted by Crippen LogP contribution is 2.45. The molecule has 5 unspecified atom stereocenters. The lowest BCUT2D eigenvalue weighted by molar-refractivity contribution is 0.145. The van der Waals surface area contributed by atoms with E-state index < -0.39 is 0 Å². The van der Waals surface area contributed by atoms with Gasteiger partial charge in [-0.1, -0.05) is 84.2 Å². The molecule has 39 heavy (non-hydrogen) atoms. The second kappa shape index (κ2) is 15.8. The van der Waals surface area contributed by atoms with Crippen molar-refractivity contribution in [2.45, 2.75) is 144 Å². The predicted octanol–water partition coefficient (Wildman–Crippen LogP) is 10.5. The molecule has 1 aromatic rings. The Labute approximate surface area is 243 Å². The predicted molar refractivity (Wildman–Crippen MR) is 172 cm³/mol. The number of hydrogen-bond acceptors (Lipinski definition) is 2. The molecule has 0 spiro atoms. The summed E-state index contributed by atoms with van der Waals surface area (Å²) in [6.07, 6.45) is 21.7. The van der Waals surface area contributed by atoms with Gasteiger partial charge in [-0.3, -0.25) is 0 Å². The van der Waals surface area contributed by atoms with Gasteiger partial charge in [0.2, 0.25) is 0 Å². The molecule has 2 fully saturated rings. The van der Waals surface area contributed by atoms with Crippen LogP contribution in [0.2, 0.25) is 0 Å². The number of rotatable bonds is 13. The monoisotopic (exact) mass is 537 g/mol. The molecule has 3 rings (SSSR count). The van der Waals surface area contributed by atoms with Gasteiger partial charge in [0.15, 0.2) is 0 Å². The second-order valence-corrected chi connectivity index (χ2v) is 14.2. The average molecular weight is 537 g/mol. The highest BCUT2D eigenvalue weighted by molar-refractivity contribution is 5.35. The summed E-state index contributed by atoms with van der Waals surface area (Å²) in [5, 5.41) is 0. The lowest BCUT2D eigenvalue weighted by atomic mass is 9.66. The fraction of sp³-hybridized carbons (Fsp3) is 0.784. The van der Waals surface area contributed by atoms with Crippen LogP contribution in [0.15, 0.2) is 30.4 Å². The fourth-order valence-corrected chi connectivity index (χ4v) is 8.12. The van der Waals surface area contributed by atoms with Gasteiger partial charge < -0.3 is 11.5 Å². The largest absolute Gasteiger partial charge is 0.324 e. The van der Waals surface area contributed by atoms with Crippen molar-refractivity contribution in [3.63, 3.8) is 0 Å². The molecule has 2 saturated carbocycles. The van der Waals surface area contributed by atoms with Crippen LogP contribution in [0.4, 0.5) is 0 Å². The molecule has 0 heterocycles. The normalized spacial score (nSPS) is 28.4. The van der Waals surface area contributed by atoms with Gasteiger partial charge in [-0.15, -0.1) is 0 Å². The van der Waals surface area contributed by atoms with Crippen LogP contribution >= 0.6 is 0 Å². The van der Waals surface area contributed by atoms with Gasteiger partial charge in [0, 0.05) is 12.1 Å². The summed E-state index contributed by atoms with van der Waals surface area (Å²) in [5.41, 5.74) is 16.7.